The second-order valence-corrected chi connectivity index (χ2v) is 8.45. The van der Waals surface area contributed by atoms with Gasteiger partial charge in [-0.3, -0.25) is 14.6 Å². The molecule has 148 valence electrons. The predicted molar refractivity (Wildman–Crippen MR) is 114 cm³/mol. The van der Waals surface area contributed by atoms with Crippen molar-refractivity contribution < 1.29 is 9.59 Å². The average molecular weight is 447 g/mol. The van der Waals surface area contributed by atoms with Crippen molar-refractivity contribution in [1.82, 2.24) is 19.8 Å². The number of thiophene rings is 1. The lowest BCUT2D eigenvalue weighted by molar-refractivity contribution is 0.0534. The minimum absolute atomic E-state index is 0.0408. The third-order valence-electron chi connectivity index (χ3n) is 4.60. The van der Waals surface area contributed by atoms with E-state index < -0.39 is 0 Å². The van der Waals surface area contributed by atoms with E-state index in [1.165, 1.54) is 29.9 Å². The first-order chi connectivity index (χ1) is 14.0. The molecule has 3 heterocycles. The van der Waals surface area contributed by atoms with Gasteiger partial charge in [-0.2, -0.15) is 0 Å². The highest BCUT2D eigenvalue weighted by atomic mass is 35.5. The highest BCUT2D eigenvalue weighted by Crippen LogP contribution is 2.32. The Morgan fingerprint density at radius 1 is 0.897 bits per heavy atom. The Morgan fingerprint density at radius 2 is 1.55 bits per heavy atom. The fraction of sp³-hybridized carbons (Fsp3) is 0.200. The Kier molecular flexibility index (Phi) is 5.80. The molecule has 1 saturated heterocycles. The summed E-state index contributed by atoms with van der Waals surface area (Å²) in [5, 5.41) is 1.11. The van der Waals surface area contributed by atoms with Gasteiger partial charge in [0.1, 0.15) is 5.69 Å². The number of hydrogen-bond donors (Lipinski definition) is 0. The van der Waals surface area contributed by atoms with Crippen LogP contribution in [0.2, 0.25) is 10.0 Å². The lowest BCUT2D eigenvalue weighted by Crippen LogP contribution is -2.50. The van der Waals surface area contributed by atoms with Crippen molar-refractivity contribution in [3.8, 4) is 10.4 Å². The van der Waals surface area contributed by atoms with Gasteiger partial charge in [0.05, 0.1) is 11.1 Å². The summed E-state index contributed by atoms with van der Waals surface area (Å²) in [7, 11) is 0. The molecule has 4 rings (SSSR count). The van der Waals surface area contributed by atoms with Gasteiger partial charge in [0, 0.05) is 53.5 Å². The van der Waals surface area contributed by atoms with E-state index in [9.17, 15) is 9.59 Å². The number of amides is 2. The summed E-state index contributed by atoms with van der Waals surface area (Å²) in [4.78, 5) is 38.4. The zero-order chi connectivity index (χ0) is 20.4. The van der Waals surface area contributed by atoms with E-state index in [1.807, 2.05) is 24.3 Å². The molecule has 0 aliphatic carbocycles. The number of piperazine rings is 1. The molecule has 6 nitrogen and oxygen atoms in total. The smallest absolute Gasteiger partial charge is 0.274 e. The van der Waals surface area contributed by atoms with Gasteiger partial charge in [0.15, 0.2) is 0 Å². The summed E-state index contributed by atoms with van der Waals surface area (Å²) in [6.07, 6.45) is 4.48. The van der Waals surface area contributed by atoms with Crippen LogP contribution >= 0.6 is 34.5 Å². The molecule has 0 saturated carbocycles. The monoisotopic (exact) mass is 446 g/mol. The zero-order valence-electron chi connectivity index (χ0n) is 15.2. The van der Waals surface area contributed by atoms with Crippen molar-refractivity contribution in [2.45, 2.75) is 0 Å². The number of hydrogen-bond acceptors (Lipinski definition) is 5. The van der Waals surface area contributed by atoms with Gasteiger partial charge in [-0.1, -0.05) is 23.2 Å². The summed E-state index contributed by atoms with van der Waals surface area (Å²) < 4.78 is 0. The molecule has 0 radical (unpaired) electrons. The quantitative estimate of drug-likeness (QED) is 0.606. The number of rotatable bonds is 3. The van der Waals surface area contributed by atoms with Crippen LogP contribution in [0.25, 0.3) is 10.4 Å². The van der Waals surface area contributed by atoms with Gasteiger partial charge in [0.25, 0.3) is 11.8 Å². The summed E-state index contributed by atoms with van der Waals surface area (Å²) in [6, 6.07) is 9.03. The van der Waals surface area contributed by atoms with E-state index in [-0.39, 0.29) is 11.8 Å². The van der Waals surface area contributed by atoms with Crippen LogP contribution in [0.5, 0.6) is 0 Å². The predicted octanol–water partition coefficient (Wildman–Crippen LogP) is 4.11. The van der Waals surface area contributed by atoms with Crippen LogP contribution in [0.1, 0.15) is 20.2 Å². The van der Waals surface area contributed by atoms with E-state index in [2.05, 4.69) is 9.97 Å². The highest BCUT2D eigenvalue weighted by molar-refractivity contribution is 7.17. The SMILES string of the molecule is O=C(c1cnccn1)N1CCN(C(=O)c2ccc(-c3cc(Cl)cc(Cl)c3)s2)CC1. The molecule has 0 N–H and O–H groups in total. The van der Waals surface area contributed by atoms with Crippen LogP contribution < -0.4 is 0 Å². The van der Waals surface area contributed by atoms with Gasteiger partial charge in [-0.25, -0.2) is 4.98 Å². The fourth-order valence-corrected chi connectivity index (χ4v) is 4.63. The first-order valence-electron chi connectivity index (χ1n) is 8.92. The average Bonchev–Trinajstić information content (AvgIpc) is 3.23. The van der Waals surface area contributed by atoms with Crippen LogP contribution in [0, 0.1) is 0 Å². The molecule has 0 atom stereocenters. The maximum atomic E-state index is 12.9. The number of nitrogens with zero attached hydrogens (tertiary/aromatic N) is 4. The standard InChI is InChI=1S/C20H16Cl2N4O2S/c21-14-9-13(10-15(22)11-14)17-1-2-18(29-17)20(28)26-7-5-25(6-8-26)19(27)16-12-23-3-4-24-16/h1-4,9-12H,5-8H2. The second kappa shape index (κ2) is 8.49. The fourth-order valence-electron chi connectivity index (χ4n) is 3.14. The third-order valence-corrected chi connectivity index (χ3v) is 6.16. The van der Waals surface area contributed by atoms with Crippen LogP contribution in [0.4, 0.5) is 0 Å². The van der Waals surface area contributed by atoms with Crippen LogP contribution in [-0.4, -0.2) is 57.8 Å². The largest absolute Gasteiger partial charge is 0.334 e. The van der Waals surface area contributed by atoms with E-state index in [1.54, 1.807) is 15.9 Å². The normalized spacial score (nSPS) is 14.1. The molecule has 9 heteroatoms. The Bertz CT molecular complexity index is 1030. The van der Waals surface area contributed by atoms with E-state index >= 15 is 0 Å². The van der Waals surface area contributed by atoms with Crippen LogP contribution in [0.3, 0.4) is 0 Å². The number of halogens is 2. The Balaban J connectivity index is 1.41. The summed E-state index contributed by atoms with van der Waals surface area (Å²) >= 11 is 13.6. The first-order valence-corrected chi connectivity index (χ1v) is 10.5. The maximum absolute atomic E-state index is 12.9. The van der Waals surface area contributed by atoms with Gasteiger partial charge >= 0.3 is 0 Å². The van der Waals surface area contributed by atoms with Crippen molar-refractivity contribution in [2.75, 3.05) is 26.2 Å². The molecule has 1 aliphatic heterocycles. The van der Waals surface area contributed by atoms with Gasteiger partial charge in [-0.05, 0) is 35.9 Å². The first kappa shape index (κ1) is 19.8. The molecule has 0 spiro atoms. The van der Waals surface area contributed by atoms with Gasteiger partial charge in [-0.15, -0.1) is 11.3 Å². The number of aromatic nitrogens is 2. The Morgan fingerprint density at radius 3 is 2.17 bits per heavy atom. The number of carbonyl (C=O) groups is 2. The third kappa shape index (κ3) is 4.42. The van der Waals surface area contributed by atoms with E-state index in [4.69, 9.17) is 23.2 Å². The summed E-state index contributed by atoms with van der Waals surface area (Å²) in [6.45, 7) is 1.87. The second-order valence-electron chi connectivity index (χ2n) is 6.50. The highest BCUT2D eigenvalue weighted by Gasteiger charge is 2.27. The van der Waals surface area contributed by atoms with Crippen molar-refractivity contribution >= 4 is 46.4 Å². The lowest BCUT2D eigenvalue weighted by atomic mass is 10.2. The zero-order valence-corrected chi connectivity index (χ0v) is 17.5. The Hall–Kier alpha value is -2.48. The molecular formula is C20H16Cl2N4O2S. The van der Waals surface area contributed by atoms with Crippen LogP contribution in [0.15, 0.2) is 48.9 Å². The molecule has 2 aromatic heterocycles. The molecule has 0 bridgehead atoms. The summed E-state index contributed by atoms with van der Waals surface area (Å²) in [5.41, 5.74) is 1.20. The topological polar surface area (TPSA) is 66.4 Å². The maximum Gasteiger partial charge on any atom is 0.274 e. The molecule has 0 unspecified atom stereocenters. The molecule has 1 fully saturated rings. The molecule has 2 amide bonds. The minimum Gasteiger partial charge on any atom is -0.334 e. The number of carbonyl (C=O) groups excluding carboxylic acids is 2. The van der Waals surface area contributed by atoms with Crippen molar-refractivity contribution in [2.24, 2.45) is 0 Å². The minimum atomic E-state index is -0.165. The summed E-state index contributed by atoms with van der Waals surface area (Å²) in [5.74, 6) is -0.206. The van der Waals surface area contributed by atoms with Crippen molar-refractivity contribution in [1.29, 1.82) is 0 Å². The van der Waals surface area contributed by atoms with Gasteiger partial charge in [0.2, 0.25) is 0 Å². The van der Waals surface area contributed by atoms with E-state index in [0.717, 1.165) is 10.4 Å². The molecule has 1 aromatic carbocycles. The van der Waals surface area contributed by atoms with E-state index in [0.29, 0.717) is 46.8 Å². The Labute approximate surface area is 181 Å². The lowest BCUT2D eigenvalue weighted by Gasteiger charge is -2.34. The van der Waals surface area contributed by atoms with Gasteiger partial charge < -0.3 is 9.80 Å². The molecule has 29 heavy (non-hydrogen) atoms. The molecule has 3 aromatic rings. The van der Waals surface area contributed by atoms with Crippen LogP contribution in [-0.2, 0) is 0 Å². The molecular weight excluding hydrogens is 431 g/mol. The van der Waals surface area contributed by atoms with Crippen molar-refractivity contribution in [3.63, 3.8) is 0 Å². The number of benzene rings is 1. The molecule has 1 aliphatic rings. The van der Waals surface area contributed by atoms with Crippen molar-refractivity contribution in [3.05, 3.63) is 69.5 Å².